The molecule has 1 aromatic carbocycles. The van der Waals surface area contributed by atoms with Gasteiger partial charge in [0.15, 0.2) is 0 Å². The molecule has 1 aliphatic carbocycles. The number of ether oxygens (including phenoxy) is 1. The van der Waals surface area contributed by atoms with E-state index in [-0.39, 0.29) is 0 Å². The topological polar surface area (TPSA) is 21.3 Å². The molecule has 2 rings (SSSR count). The van der Waals surface area contributed by atoms with E-state index in [1.807, 2.05) is 30.3 Å². The third-order valence-corrected chi connectivity index (χ3v) is 3.48. The van der Waals surface area contributed by atoms with Crippen LogP contribution >= 0.6 is 0 Å². The van der Waals surface area contributed by atoms with Crippen molar-refractivity contribution in [3.8, 4) is 5.75 Å². The molecular weight excluding hydrogens is 210 g/mol. The SMILES string of the molecule is CC(CCOc1ccccc1)CNC1CCC1. The highest BCUT2D eigenvalue weighted by molar-refractivity contribution is 5.20. The number of hydrogen-bond donors (Lipinski definition) is 1. The van der Waals surface area contributed by atoms with Gasteiger partial charge in [0.05, 0.1) is 6.61 Å². The maximum atomic E-state index is 5.70. The van der Waals surface area contributed by atoms with Crippen LogP contribution in [0, 0.1) is 5.92 Å². The first kappa shape index (κ1) is 12.4. The first-order valence-corrected chi connectivity index (χ1v) is 6.76. The molecule has 0 aliphatic heterocycles. The van der Waals surface area contributed by atoms with Gasteiger partial charge >= 0.3 is 0 Å². The maximum Gasteiger partial charge on any atom is 0.119 e. The van der Waals surface area contributed by atoms with Gasteiger partial charge in [-0.1, -0.05) is 31.5 Å². The number of hydrogen-bond acceptors (Lipinski definition) is 2. The summed E-state index contributed by atoms with van der Waals surface area (Å²) < 4.78 is 5.70. The van der Waals surface area contributed by atoms with E-state index >= 15 is 0 Å². The van der Waals surface area contributed by atoms with Crippen molar-refractivity contribution in [2.24, 2.45) is 5.92 Å². The molecule has 0 spiro atoms. The molecule has 0 saturated heterocycles. The Morgan fingerprint density at radius 3 is 2.71 bits per heavy atom. The predicted molar refractivity (Wildman–Crippen MR) is 71.4 cm³/mol. The van der Waals surface area contributed by atoms with Crippen molar-refractivity contribution in [2.45, 2.75) is 38.6 Å². The van der Waals surface area contributed by atoms with E-state index in [1.54, 1.807) is 0 Å². The standard InChI is InChI=1S/C15H23NO/c1-13(12-16-14-6-5-7-14)10-11-17-15-8-3-2-4-9-15/h2-4,8-9,13-14,16H,5-7,10-12H2,1H3. The molecule has 0 bridgehead atoms. The lowest BCUT2D eigenvalue weighted by molar-refractivity contribution is 0.265. The van der Waals surface area contributed by atoms with Gasteiger partial charge in [-0.05, 0) is 43.9 Å². The lowest BCUT2D eigenvalue weighted by Gasteiger charge is -2.28. The van der Waals surface area contributed by atoms with Crippen molar-refractivity contribution in [3.63, 3.8) is 0 Å². The van der Waals surface area contributed by atoms with Crippen molar-refractivity contribution < 1.29 is 4.74 Å². The van der Waals surface area contributed by atoms with E-state index in [9.17, 15) is 0 Å². The first-order valence-electron chi connectivity index (χ1n) is 6.76. The average molecular weight is 233 g/mol. The van der Waals surface area contributed by atoms with Crippen molar-refractivity contribution in [1.82, 2.24) is 5.32 Å². The highest BCUT2D eigenvalue weighted by Gasteiger charge is 2.16. The minimum absolute atomic E-state index is 0.694. The number of benzene rings is 1. The van der Waals surface area contributed by atoms with E-state index in [4.69, 9.17) is 4.74 Å². The molecule has 2 heteroatoms. The summed E-state index contributed by atoms with van der Waals surface area (Å²) in [5.74, 6) is 1.67. The normalized spacial score (nSPS) is 17.5. The van der Waals surface area contributed by atoms with Gasteiger partial charge in [-0.15, -0.1) is 0 Å². The molecule has 0 radical (unpaired) electrons. The maximum absolute atomic E-state index is 5.70. The largest absolute Gasteiger partial charge is 0.494 e. The molecule has 1 unspecified atom stereocenters. The molecule has 0 heterocycles. The van der Waals surface area contributed by atoms with E-state index in [1.165, 1.54) is 19.3 Å². The van der Waals surface area contributed by atoms with Crippen LogP contribution in [-0.4, -0.2) is 19.2 Å². The molecule has 0 aromatic heterocycles. The Balaban J connectivity index is 1.54. The fraction of sp³-hybridized carbons (Fsp3) is 0.600. The van der Waals surface area contributed by atoms with Gasteiger partial charge in [0, 0.05) is 6.04 Å². The van der Waals surface area contributed by atoms with Gasteiger partial charge in [-0.2, -0.15) is 0 Å². The third kappa shape index (κ3) is 4.39. The lowest BCUT2D eigenvalue weighted by Crippen LogP contribution is -2.37. The zero-order chi connectivity index (χ0) is 11.9. The summed E-state index contributed by atoms with van der Waals surface area (Å²) in [4.78, 5) is 0. The first-order chi connectivity index (χ1) is 8.34. The fourth-order valence-electron chi connectivity index (χ4n) is 1.98. The Bertz CT molecular complexity index is 308. The Kier molecular flexibility index (Phi) is 4.87. The van der Waals surface area contributed by atoms with Crippen molar-refractivity contribution in [2.75, 3.05) is 13.2 Å². The Labute approximate surface area is 104 Å². The molecule has 2 nitrogen and oxygen atoms in total. The number of para-hydroxylation sites is 1. The molecule has 94 valence electrons. The second kappa shape index (κ2) is 6.65. The lowest BCUT2D eigenvalue weighted by atomic mass is 9.92. The fourth-order valence-corrected chi connectivity index (χ4v) is 1.98. The summed E-state index contributed by atoms with van der Waals surface area (Å²) in [6, 6.07) is 10.9. The molecule has 1 fully saturated rings. The molecule has 0 amide bonds. The molecule has 1 N–H and O–H groups in total. The second-order valence-corrected chi connectivity index (χ2v) is 5.09. The molecule has 1 aliphatic rings. The molecule has 1 atom stereocenters. The van der Waals surface area contributed by atoms with Crippen LogP contribution in [0.3, 0.4) is 0 Å². The summed E-state index contributed by atoms with van der Waals surface area (Å²) in [5.41, 5.74) is 0. The summed E-state index contributed by atoms with van der Waals surface area (Å²) >= 11 is 0. The van der Waals surface area contributed by atoms with Crippen LogP contribution in [0.2, 0.25) is 0 Å². The third-order valence-electron chi connectivity index (χ3n) is 3.48. The zero-order valence-electron chi connectivity index (χ0n) is 10.7. The molecular formula is C15H23NO. The van der Waals surface area contributed by atoms with Gasteiger partial charge in [0.1, 0.15) is 5.75 Å². The Morgan fingerprint density at radius 1 is 1.29 bits per heavy atom. The van der Waals surface area contributed by atoms with E-state index in [0.717, 1.165) is 31.4 Å². The van der Waals surface area contributed by atoms with E-state index in [0.29, 0.717) is 5.92 Å². The van der Waals surface area contributed by atoms with Crippen LogP contribution in [0.15, 0.2) is 30.3 Å². The van der Waals surface area contributed by atoms with Crippen LogP contribution in [0.25, 0.3) is 0 Å². The minimum atomic E-state index is 0.694. The second-order valence-electron chi connectivity index (χ2n) is 5.09. The van der Waals surface area contributed by atoms with Crippen LogP contribution < -0.4 is 10.1 Å². The predicted octanol–water partition coefficient (Wildman–Crippen LogP) is 3.23. The Hall–Kier alpha value is -1.02. The van der Waals surface area contributed by atoms with Gasteiger partial charge in [-0.25, -0.2) is 0 Å². The van der Waals surface area contributed by atoms with Crippen LogP contribution in [-0.2, 0) is 0 Å². The number of rotatable bonds is 7. The number of nitrogens with one attached hydrogen (secondary N) is 1. The molecule has 1 saturated carbocycles. The van der Waals surface area contributed by atoms with Crippen molar-refractivity contribution in [3.05, 3.63) is 30.3 Å². The summed E-state index contributed by atoms with van der Waals surface area (Å²) in [5, 5.41) is 3.61. The summed E-state index contributed by atoms with van der Waals surface area (Å²) in [6.07, 6.45) is 5.26. The highest BCUT2D eigenvalue weighted by atomic mass is 16.5. The molecule has 1 aromatic rings. The van der Waals surface area contributed by atoms with Gasteiger partial charge in [-0.3, -0.25) is 0 Å². The quantitative estimate of drug-likeness (QED) is 0.780. The minimum Gasteiger partial charge on any atom is -0.494 e. The van der Waals surface area contributed by atoms with Gasteiger partial charge in [0.2, 0.25) is 0 Å². The summed E-state index contributed by atoms with van der Waals surface area (Å²) in [7, 11) is 0. The van der Waals surface area contributed by atoms with Gasteiger partial charge in [0.25, 0.3) is 0 Å². The Morgan fingerprint density at radius 2 is 2.06 bits per heavy atom. The van der Waals surface area contributed by atoms with Crippen LogP contribution in [0.1, 0.15) is 32.6 Å². The monoisotopic (exact) mass is 233 g/mol. The van der Waals surface area contributed by atoms with E-state index < -0.39 is 0 Å². The zero-order valence-corrected chi connectivity index (χ0v) is 10.7. The smallest absolute Gasteiger partial charge is 0.119 e. The van der Waals surface area contributed by atoms with E-state index in [2.05, 4.69) is 12.2 Å². The van der Waals surface area contributed by atoms with Crippen molar-refractivity contribution >= 4 is 0 Å². The van der Waals surface area contributed by atoms with Gasteiger partial charge < -0.3 is 10.1 Å². The summed E-state index contributed by atoms with van der Waals surface area (Å²) in [6.45, 7) is 4.24. The van der Waals surface area contributed by atoms with Crippen molar-refractivity contribution in [1.29, 1.82) is 0 Å². The van der Waals surface area contributed by atoms with Crippen LogP contribution in [0.5, 0.6) is 5.75 Å². The molecule has 17 heavy (non-hydrogen) atoms. The van der Waals surface area contributed by atoms with Crippen LogP contribution in [0.4, 0.5) is 0 Å². The average Bonchev–Trinajstić information content (AvgIpc) is 2.28. The highest BCUT2D eigenvalue weighted by Crippen LogP contribution is 2.18.